The molecule has 1 aliphatic rings. The van der Waals surface area contributed by atoms with Gasteiger partial charge >= 0.3 is 0 Å². The number of nitrogens with zero attached hydrogens (tertiary/aromatic N) is 8. The highest BCUT2D eigenvalue weighted by Gasteiger charge is 2.24. The second kappa shape index (κ2) is 7.75. The van der Waals surface area contributed by atoms with Crippen molar-refractivity contribution in [2.45, 2.75) is 37.8 Å². The summed E-state index contributed by atoms with van der Waals surface area (Å²) < 4.78 is 3.13. The minimum atomic E-state index is -0.0951. The topological polar surface area (TPSA) is 107 Å². The van der Waals surface area contributed by atoms with Gasteiger partial charge in [0.2, 0.25) is 5.95 Å². The molecule has 4 rings (SSSR count). The standard InChI is InChI=1S/C18H23N9O/c1-25(2)15-9-10-20-18(23-15)22-13-3-5-14(6-4-13)27-17(28)8-7-16(24-27)26-12-19-11-21-26/h7-14H,3-6H2,1-2H3,(H,20,22,23). The van der Waals surface area contributed by atoms with Crippen LogP contribution in [0.3, 0.4) is 0 Å². The van der Waals surface area contributed by atoms with Gasteiger partial charge in [-0.15, -0.1) is 5.10 Å². The molecule has 10 heteroatoms. The first-order chi connectivity index (χ1) is 13.6. The molecule has 0 saturated heterocycles. The highest BCUT2D eigenvalue weighted by atomic mass is 16.1. The highest BCUT2D eigenvalue weighted by molar-refractivity contribution is 5.41. The van der Waals surface area contributed by atoms with Crippen molar-refractivity contribution < 1.29 is 0 Å². The number of rotatable bonds is 5. The van der Waals surface area contributed by atoms with Crippen LogP contribution in [-0.4, -0.2) is 54.7 Å². The number of nitrogens with one attached hydrogen (secondary N) is 1. The maximum atomic E-state index is 12.3. The van der Waals surface area contributed by atoms with E-state index in [0.29, 0.717) is 11.8 Å². The number of hydrogen-bond donors (Lipinski definition) is 1. The fourth-order valence-electron chi connectivity index (χ4n) is 3.44. The SMILES string of the molecule is CN(C)c1ccnc(NC2CCC(n3nc(-n4cncn4)ccc3=O)CC2)n1. The molecule has 0 amide bonds. The zero-order valence-corrected chi connectivity index (χ0v) is 15.9. The summed E-state index contributed by atoms with van der Waals surface area (Å²) in [4.78, 5) is 27.0. The van der Waals surface area contributed by atoms with Crippen LogP contribution >= 0.6 is 0 Å². The summed E-state index contributed by atoms with van der Waals surface area (Å²) in [6.07, 6.45) is 8.33. The van der Waals surface area contributed by atoms with E-state index in [1.807, 2.05) is 25.1 Å². The second-order valence-electron chi connectivity index (χ2n) is 7.10. The summed E-state index contributed by atoms with van der Waals surface area (Å²) >= 11 is 0. The van der Waals surface area contributed by atoms with E-state index in [4.69, 9.17) is 0 Å². The van der Waals surface area contributed by atoms with Crippen molar-refractivity contribution in [1.29, 1.82) is 0 Å². The molecule has 28 heavy (non-hydrogen) atoms. The van der Waals surface area contributed by atoms with Crippen LogP contribution in [0.15, 0.2) is 41.8 Å². The van der Waals surface area contributed by atoms with Crippen LogP contribution in [0.4, 0.5) is 11.8 Å². The van der Waals surface area contributed by atoms with E-state index in [1.54, 1.807) is 28.0 Å². The van der Waals surface area contributed by atoms with Crippen molar-refractivity contribution in [3.8, 4) is 5.82 Å². The van der Waals surface area contributed by atoms with Crippen molar-refractivity contribution in [1.82, 2.24) is 34.5 Å². The lowest BCUT2D eigenvalue weighted by molar-refractivity contribution is 0.302. The lowest BCUT2D eigenvalue weighted by Gasteiger charge is -2.29. The van der Waals surface area contributed by atoms with Gasteiger partial charge in [-0.3, -0.25) is 4.79 Å². The third-order valence-electron chi connectivity index (χ3n) is 4.94. The molecule has 3 heterocycles. The van der Waals surface area contributed by atoms with Gasteiger partial charge in [-0.25, -0.2) is 19.3 Å². The molecule has 146 valence electrons. The molecule has 1 fully saturated rings. The van der Waals surface area contributed by atoms with E-state index in [0.717, 1.165) is 31.5 Å². The van der Waals surface area contributed by atoms with Crippen LogP contribution in [-0.2, 0) is 0 Å². The minimum Gasteiger partial charge on any atom is -0.363 e. The van der Waals surface area contributed by atoms with Crippen molar-refractivity contribution in [3.63, 3.8) is 0 Å². The lowest BCUT2D eigenvalue weighted by Crippen LogP contribution is -2.34. The zero-order chi connectivity index (χ0) is 19.5. The average molecular weight is 381 g/mol. The van der Waals surface area contributed by atoms with Crippen LogP contribution in [0.2, 0.25) is 0 Å². The molecular weight excluding hydrogens is 358 g/mol. The Hall–Kier alpha value is -3.30. The van der Waals surface area contributed by atoms with Crippen LogP contribution in [0, 0.1) is 0 Å². The molecule has 10 nitrogen and oxygen atoms in total. The first-order valence-corrected chi connectivity index (χ1v) is 9.32. The predicted octanol–water partition coefficient (Wildman–Crippen LogP) is 1.28. The van der Waals surface area contributed by atoms with E-state index in [-0.39, 0.29) is 17.6 Å². The van der Waals surface area contributed by atoms with Crippen molar-refractivity contribution in [2.75, 3.05) is 24.3 Å². The van der Waals surface area contributed by atoms with Crippen LogP contribution in [0.1, 0.15) is 31.7 Å². The van der Waals surface area contributed by atoms with Gasteiger partial charge in [-0.2, -0.15) is 10.1 Å². The fraction of sp³-hybridized carbons (Fsp3) is 0.444. The number of hydrogen-bond acceptors (Lipinski definition) is 8. The maximum absolute atomic E-state index is 12.3. The van der Waals surface area contributed by atoms with Crippen LogP contribution < -0.4 is 15.8 Å². The van der Waals surface area contributed by atoms with E-state index >= 15 is 0 Å². The van der Waals surface area contributed by atoms with E-state index in [2.05, 4.69) is 30.5 Å². The summed E-state index contributed by atoms with van der Waals surface area (Å²) in [5.41, 5.74) is -0.0951. The smallest absolute Gasteiger partial charge is 0.267 e. The molecular formula is C18H23N9O. The Labute approximate surface area is 162 Å². The molecule has 0 unspecified atom stereocenters. The van der Waals surface area contributed by atoms with Gasteiger partial charge in [0.1, 0.15) is 18.5 Å². The van der Waals surface area contributed by atoms with Gasteiger partial charge < -0.3 is 10.2 Å². The molecule has 0 radical (unpaired) electrons. The van der Waals surface area contributed by atoms with E-state index in [1.165, 1.54) is 12.4 Å². The third kappa shape index (κ3) is 3.85. The van der Waals surface area contributed by atoms with Crippen molar-refractivity contribution >= 4 is 11.8 Å². The van der Waals surface area contributed by atoms with Crippen LogP contribution in [0.25, 0.3) is 5.82 Å². The lowest BCUT2D eigenvalue weighted by atomic mass is 9.91. The van der Waals surface area contributed by atoms with Gasteiger partial charge in [-0.1, -0.05) is 0 Å². The molecule has 0 aromatic carbocycles. The molecule has 0 bridgehead atoms. The van der Waals surface area contributed by atoms with Gasteiger partial charge in [0, 0.05) is 32.4 Å². The molecule has 0 atom stereocenters. The Morgan fingerprint density at radius 1 is 1.14 bits per heavy atom. The maximum Gasteiger partial charge on any atom is 0.267 e. The summed E-state index contributed by atoms with van der Waals surface area (Å²) in [6, 6.07) is 5.43. The Balaban J connectivity index is 1.42. The Bertz CT molecular complexity index is 975. The minimum absolute atomic E-state index is 0.0723. The predicted molar refractivity (Wildman–Crippen MR) is 105 cm³/mol. The normalized spacial score (nSPS) is 19.4. The Morgan fingerprint density at radius 3 is 2.68 bits per heavy atom. The molecule has 3 aromatic heterocycles. The van der Waals surface area contributed by atoms with Gasteiger partial charge in [0.15, 0.2) is 5.82 Å². The van der Waals surface area contributed by atoms with Gasteiger partial charge in [-0.05, 0) is 37.8 Å². The third-order valence-corrected chi connectivity index (χ3v) is 4.94. The number of aromatic nitrogens is 7. The molecule has 1 aliphatic carbocycles. The van der Waals surface area contributed by atoms with E-state index < -0.39 is 0 Å². The van der Waals surface area contributed by atoms with Crippen LogP contribution in [0.5, 0.6) is 0 Å². The molecule has 3 aromatic rings. The monoisotopic (exact) mass is 381 g/mol. The molecule has 0 spiro atoms. The molecule has 1 N–H and O–H groups in total. The summed E-state index contributed by atoms with van der Waals surface area (Å²) in [5.74, 6) is 2.09. The Morgan fingerprint density at radius 2 is 1.96 bits per heavy atom. The van der Waals surface area contributed by atoms with Crippen molar-refractivity contribution in [3.05, 3.63) is 47.4 Å². The van der Waals surface area contributed by atoms with Crippen molar-refractivity contribution in [2.24, 2.45) is 0 Å². The second-order valence-corrected chi connectivity index (χ2v) is 7.10. The molecule has 1 saturated carbocycles. The number of anilines is 2. The fourth-order valence-corrected chi connectivity index (χ4v) is 3.44. The van der Waals surface area contributed by atoms with Gasteiger partial charge in [0.25, 0.3) is 5.56 Å². The largest absolute Gasteiger partial charge is 0.363 e. The first-order valence-electron chi connectivity index (χ1n) is 9.32. The quantitative estimate of drug-likeness (QED) is 0.704. The first kappa shape index (κ1) is 18.1. The summed E-state index contributed by atoms with van der Waals surface area (Å²) in [5, 5.41) is 12.0. The van der Waals surface area contributed by atoms with Gasteiger partial charge in [0.05, 0.1) is 6.04 Å². The van der Waals surface area contributed by atoms with E-state index in [9.17, 15) is 4.79 Å². The molecule has 0 aliphatic heterocycles. The summed E-state index contributed by atoms with van der Waals surface area (Å²) in [6.45, 7) is 0. The zero-order valence-electron chi connectivity index (χ0n) is 15.9. The average Bonchev–Trinajstić information content (AvgIpc) is 3.24. The highest BCUT2D eigenvalue weighted by Crippen LogP contribution is 2.28. The Kier molecular flexibility index (Phi) is 5.00. The summed E-state index contributed by atoms with van der Waals surface area (Å²) in [7, 11) is 3.91.